The van der Waals surface area contributed by atoms with Gasteiger partial charge in [-0.1, -0.05) is 0 Å². The molecular weight excluding hydrogens is 513 g/mol. The summed E-state index contributed by atoms with van der Waals surface area (Å²) in [6.07, 6.45) is 1.84. The Kier molecular flexibility index (Phi) is 6.83. The number of anilines is 1. The molecule has 39 heavy (non-hydrogen) atoms. The molecule has 2 saturated carbocycles. The molecule has 3 aliphatic rings. The van der Waals surface area contributed by atoms with E-state index >= 15 is 0 Å². The zero-order valence-corrected chi connectivity index (χ0v) is 21.6. The number of rotatable bonds is 8. The number of hydrogen-bond donors (Lipinski definition) is 2. The fourth-order valence-corrected chi connectivity index (χ4v) is 5.73. The number of nitrogens with one attached hydrogen (secondary N) is 1. The minimum atomic E-state index is -4.39. The number of ether oxygens (including phenoxy) is 1. The molecule has 1 aliphatic heterocycles. The van der Waals surface area contributed by atoms with E-state index in [0.29, 0.717) is 31.7 Å². The van der Waals surface area contributed by atoms with Crippen LogP contribution in [0, 0.1) is 17.2 Å². The molecule has 2 aliphatic carbocycles. The van der Waals surface area contributed by atoms with Crippen LogP contribution < -0.4 is 15.8 Å². The lowest BCUT2D eigenvalue weighted by molar-refractivity contribution is -0.137. The van der Waals surface area contributed by atoms with E-state index in [9.17, 15) is 28.0 Å². The third kappa shape index (κ3) is 5.59. The zero-order valence-electron chi connectivity index (χ0n) is 21.6. The monoisotopic (exact) mass is 544 g/mol. The fraction of sp³-hybridized carbons (Fsp3) is 0.556. The second kappa shape index (κ2) is 9.86. The molecule has 1 aromatic heterocycles. The second-order valence-corrected chi connectivity index (χ2v) is 11.2. The Bertz CT molecular complexity index is 1280. The molecule has 2 aromatic rings. The molecular formula is C27H31F3N6O3. The van der Waals surface area contributed by atoms with Crippen LogP contribution in [-0.2, 0) is 16.5 Å². The van der Waals surface area contributed by atoms with Crippen molar-refractivity contribution in [2.24, 2.45) is 11.7 Å². The number of nitrogens with two attached hydrogens (primary N) is 1. The Balaban J connectivity index is 1.21. The van der Waals surface area contributed by atoms with E-state index in [-0.39, 0.29) is 35.7 Å². The van der Waals surface area contributed by atoms with E-state index in [4.69, 9.17) is 10.5 Å². The van der Waals surface area contributed by atoms with Crippen molar-refractivity contribution in [2.75, 3.05) is 18.4 Å². The highest BCUT2D eigenvalue weighted by Crippen LogP contribution is 2.42. The zero-order chi connectivity index (χ0) is 28.0. The van der Waals surface area contributed by atoms with Crippen LogP contribution in [0.5, 0.6) is 5.75 Å². The van der Waals surface area contributed by atoms with Gasteiger partial charge in [-0.25, -0.2) is 0 Å². The van der Waals surface area contributed by atoms with Crippen molar-refractivity contribution in [3.05, 3.63) is 41.6 Å². The molecule has 2 amide bonds. The summed E-state index contributed by atoms with van der Waals surface area (Å²) in [4.78, 5) is 26.7. The molecule has 5 rings (SSSR count). The van der Waals surface area contributed by atoms with Crippen molar-refractivity contribution < 1.29 is 27.5 Å². The lowest BCUT2D eigenvalue weighted by atomic mass is 9.76. The third-order valence-electron chi connectivity index (χ3n) is 8.09. The number of carbonyl (C=O) groups is 2. The minimum absolute atomic E-state index is 0.0650. The van der Waals surface area contributed by atoms with E-state index in [2.05, 4.69) is 21.4 Å². The van der Waals surface area contributed by atoms with Gasteiger partial charge < -0.3 is 15.8 Å². The van der Waals surface area contributed by atoms with Gasteiger partial charge >= 0.3 is 6.18 Å². The van der Waals surface area contributed by atoms with Gasteiger partial charge in [0.15, 0.2) is 5.82 Å². The number of alkyl halides is 3. The molecule has 208 valence electrons. The van der Waals surface area contributed by atoms with Crippen LogP contribution in [-0.4, -0.2) is 51.2 Å². The Morgan fingerprint density at radius 1 is 1.18 bits per heavy atom. The van der Waals surface area contributed by atoms with Crippen LogP contribution in [0.4, 0.5) is 19.0 Å². The number of nitrogens with zero attached hydrogens (tertiary/aromatic N) is 4. The van der Waals surface area contributed by atoms with E-state index in [1.807, 2.05) is 6.92 Å². The maximum absolute atomic E-state index is 12.8. The number of hydrogen-bond acceptors (Lipinski definition) is 6. The van der Waals surface area contributed by atoms with Crippen molar-refractivity contribution >= 4 is 17.6 Å². The van der Waals surface area contributed by atoms with Crippen LogP contribution in [0.25, 0.3) is 0 Å². The molecule has 0 unspecified atom stereocenters. The SMILES string of the molecule is CC1(Oc2ccc(C(F)(F)F)cc2)CN(C2CCC(CC#N)(n3cc(C(N)=O)c(NC(=O)C4CC4)n3)CC2)C1. The molecule has 3 fully saturated rings. The van der Waals surface area contributed by atoms with Gasteiger partial charge in [0.05, 0.1) is 23.6 Å². The number of nitriles is 1. The first kappa shape index (κ1) is 27.0. The number of likely N-dealkylation sites (tertiary alicyclic amines) is 1. The fourth-order valence-electron chi connectivity index (χ4n) is 5.73. The summed E-state index contributed by atoms with van der Waals surface area (Å²) in [5.74, 6) is -0.404. The number of benzene rings is 1. The Morgan fingerprint density at radius 3 is 2.36 bits per heavy atom. The number of halogens is 3. The minimum Gasteiger partial charge on any atom is -0.485 e. The van der Waals surface area contributed by atoms with Crippen LogP contribution >= 0.6 is 0 Å². The average molecular weight is 545 g/mol. The van der Waals surface area contributed by atoms with Gasteiger partial charge in [-0.15, -0.1) is 0 Å². The highest BCUT2D eigenvalue weighted by Gasteiger charge is 2.47. The molecule has 1 saturated heterocycles. The van der Waals surface area contributed by atoms with Crippen LogP contribution in [0.15, 0.2) is 30.5 Å². The first-order chi connectivity index (χ1) is 18.4. The van der Waals surface area contributed by atoms with Gasteiger partial charge in [0.1, 0.15) is 16.9 Å². The first-order valence-corrected chi connectivity index (χ1v) is 13.1. The van der Waals surface area contributed by atoms with Crippen molar-refractivity contribution in [3.63, 3.8) is 0 Å². The predicted octanol–water partition coefficient (Wildman–Crippen LogP) is 4.05. The average Bonchev–Trinajstić information content (AvgIpc) is 3.63. The quantitative estimate of drug-likeness (QED) is 0.516. The summed E-state index contributed by atoms with van der Waals surface area (Å²) in [7, 11) is 0. The van der Waals surface area contributed by atoms with Gasteiger partial charge in [-0.2, -0.15) is 23.5 Å². The lowest BCUT2D eigenvalue weighted by Gasteiger charge is -2.53. The summed E-state index contributed by atoms with van der Waals surface area (Å²) in [6.45, 7) is 3.21. The molecule has 9 nitrogen and oxygen atoms in total. The smallest absolute Gasteiger partial charge is 0.416 e. The standard InChI is InChI=1S/C27H31F3N6O3/c1-25(39-20-6-4-18(5-7-20)27(28,29)30)15-35(16-25)19-8-10-26(11-9-19,12-13-31)36-14-21(22(32)37)23(34-36)33-24(38)17-2-3-17/h4-7,14,17,19H,2-3,8-12,15-16H2,1H3,(H2,32,37)(H,33,34,38). The molecule has 0 bridgehead atoms. The van der Waals surface area contributed by atoms with Crippen LogP contribution in [0.3, 0.4) is 0 Å². The van der Waals surface area contributed by atoms with Crippen LogP contribution in [0.1, 0.15) is 67.8 Å². The summed E-state index contributed by atoms with van der Waals surface area (Å²) < 4.78 is 46.2. The van der Waals surface area contributed by atoms with Gasteiger partial charge in [0, 0.05) is 31.2 Å². The van der Waals surface area contributed by atoms with Gasteiger partial charge in [0.2, 0.25) is 5.91 Å². The highest BCUT2D eigenvalue weighted by atomic mass is 19.4. The van der Waals surface area contributed by atoms with Gasteiger partial charge in [-0.05, 0) is 69.7 Å². The molecule has 0 spiro atoms. The summed E-state index contributed by atoms with van der Waals surface area (Å²) in [5.41, 5.74) is 3.85. The molecule has 0 radical (unpaired) electrons. The number of carbonyl (C=O) groups excluding carboxylic acids is 2. The molecule has 12 heteroatoms. The maximum atomic E-state index is 12.8. The predicted molar refractivity (Wildman–Crippen MR) is 135 cm³/mol. The van der Waals surface area contributed by atoms with Crippen molar-refractivity contribution in [2.45, 2.75) is 75.2 Å². The van der Waals surface area contributed by atoms with Gasteiger partial charge in [0.25, 0.3) is 5.91 Å². The summed E-state index contributed by atoms with van der Waals surface area (Å²) >= 11 is 0. The topological polar surface area (TPSA) is 126 Å². The number of primary amides is 1. The van der Waals surface area contributed by atoms with Gasteiger partial charge in [-0.3, -0.25) is 19.2 Å². The summed E-state index contributed by atoms with van der Waals surface area (Å²) in [5, 5.41) is 16.9. The molecule has 1 aromatic carbocycles. The number of amides is 2. The van der Waals surface area contributed by atoms with E-state index in [0.717, 1.165) is 37.8 Å². The van der Waals surface area contributed by atoms with Crippen molar-refractivity contribution in [3.8, 4) is 11.8 Å². The Morgan fingerprint density at radius 2 is 1.82 bits per heavy atom. The van der Waals surface area contributed by atoms with Crippen molar-refractivity contribution in [1.29, 1.82) is 5.26 Å². The largest absolute Gasteiger partial charge is 0.485 e. The molecule has 0 atom stereocenters. The number of aromatic nitrogens is 2. The lowest BCUT2D eigenvalue weighted by Crippen LogP contribution is -2.66. The molecule has 3 N–H and O–H groups in total. The normalized spacial score (nSPS) is 24.8. The maximum Gasteiger partial charge on any atom is 0.416 e. The first-order valence-electron chi connectivity index (χ1n) is 13.1. The van der Waals surface area contributed by atoms with E-state index in [1.165, 1.54) is 12.1 Å². The summed E-state index contributed by atoms with van der Waals surface area (Å²) in [6, 6.07) is 7.25. The van der Waals surface area contributed by atoms with Crippen LogP contribution in [0.2, 0.25) is 0 Å². The Labute approximate surface area is 224 Å². The third-order valence-corrected chi connectivity index (χ3v) is 8.09. The van der Waals surface area contributed by atoms with E-state index < -0.39 is 28.8 Å². The second-order valence-electron chi connectivity index (χ2n) is 11.2. The Hall–Kier alpha value is -3.59. The van der Waals surface area contributed by atoms with E-state index in [1.54, 1.807) is 10.9 Å². The highest BCUT2D eigenvalue weighted by molar-refractivity contribution is 6.02. The van der Waals surface area contributed by atoms with Crippen molar-refractivity contribution in [1.82, 2.24) is 14.7 Å². The molecule has 2 heterocycles.